The van der Waals surface area contributed by atoms with Crippen LogP contribution < -0.4 is 0 Å². The molecule has 3 nitrogen and oxygen atoms in total. The first kappa shape index (κ1) is 15.7. The Balaban J connectivity index is 1.83. The molecule has 0 amide bonds. The number of hydrogen-bond donors (Lipinski definition) is 1. The van der Waals surface area contributed by atoms with Crippen molar-refractivity contribution < 1.29 is 5.11 Å². The lowest BCUT2D eigenvalue weighted by Gasteiger charge is -2.39. The van der Waals surface area contributed by atoms with Crippen LogP contribution in [0.1, 0.15) is 30.4 Å². The number of nitrogens with zero attached hydrogens (tertiary/aromatic N) is 2. The van der Waals surface area contributed by atoms with Crippen LogP contribution in [-0.2, 0) is 5.60 Å². The highest BCUT2D eigenvalue weighted by atomic mass is 35.5. The van der Waals surface area contributed by atoms with Gasteiger partial charge in [0.25, 0.3) is 0 Å². The molecule has 0 saturated carbocycles. The van der Waals surface area contributed by atoms with E-state index in [-0.39, 0.29) is 0 Å². The summed E-state index contributed by atoms with van der Waals surface area (Å²) in [5.74, 6) is 0.778. The Hall–Kier alpha value is -1.84. The van der Waals surface area contributed by atoms with E-state index in [4.69, 9.17) is 16.6 Å². The van der Waals surface area contributed by atoms with Gasteiger partial charge in [-0.15, -0.1) is 0 Å². The molecule has 0 radical (unpaired) electrons. The number of rotatable bonds is 3. The van der Waals surface area contributed by atoms with E-state index < -0.39 is 5.60 Å². The first-order valence-corrected chi connectivity index (χ1v) is 8.93. The van der Waals surface area contributed by atoms with Gasteiger partial charge < -0.3 is 10.0 Å². The molecule has 0 aromatic heterocycles. The van der Waals surface area contributed by atoms with Crippen LogP contribution in [0, 0.1) is 0 Å². The predicted octanol–water partition coefficient (Wildman–Crippen LogP) is 3.84. The molecule has 0 bridgehead atoms. The highest BCUT2D eigenvalue weighted by Crippen LogP contribution is 2.37. The maximum absolute atomic E-state index is 11.9. The van der Waals surface area contributed by atoms with Crippen LogP contribution in [0.25, 0.3) is 0 Å². The van der Waals surface area contributed by atoms with Crippen molar-refractivity contribution in [2.75, 3.05) is 13.1 Å². The number of amidine groups is 1. The van der Waals surface area contributed by atoms with Crippen LogP contribution in [0.4, 0.5) is 0 Å². The summed E-state index contributed by atoms with van der Waals surface area (Å²) in [7, 11) is 0. The first-order chi connectivity index (χ1) is 11.7. The molecule has 2 aliphatic heterocycles. The van der Waals surface area contributed by atoms with Gasteiger partial charge in [0.15, 0.2) is 5.60 Å². The van der Waals surface area contributed by atoms with Gasteiger partial charge in [-0.25, -0.2) is 0 Å². The van der Waals surface area contributed by atoms with Crippen LogP contribution >= 0.6 is 11.6 Å². The molecule has 2 unspecified atom stereocenters. The van der Waals surface area contributed by atoms with E-state index in [2.05, 4.69) is 4.90 Å². The third-order valence-electron chi connectivity index (χ3n) is 5.13. The number of aliphatic imine (C=N–C) groups is 1. The summed E-state index contributed by atoms with van der Waals surface area (Å²) in [4.78, 5) is 7.10. The van der Waals surface area contributed by atoms with Gasteiger partial charge in [-0.1, -0.05) is 54.1 Å². The van der Waals surface area contributed by atoms with Crippen molar-refractivity contribution in [2.24, 2.45) is 4.99 Å². The Morgan fingerprint density at radius 3 is 2.46 bits per heavy atom. The molecule has 1 N–H and O–H groups in total. The minimum Gasteiger partial charge on any atom is -0.373 e. The van der Waals surface area contributed by atoms with Gasteiger partial charge in [0.05, 0.1) is 6.54 Å². The molecule has 0 aliphatic carbocycles. The Morgan fingerprint density at radius 2 is 1.71 bits per heavy atom. The highest BCUT2D eigenvalue weighted by molar-refractivity contribution is 6.30. The van der Waals surface area contributed by atoms with E-state index in [1.54, 1.807) is 0 Å². The number of piperidine rings is 1. The summed E-state index contributed by atoms with van der Waals surface area (Å²) in [5, 5.41) is 12.5. The van der Waals surface area contributed by atoms with E-state index in [1.807, 2.05) is 54.6 Å². The van der Waals surface area contributed by atoms with E-state index in [0.29, 0.717) is 11.1 Å². The van der Waals surface area contributed by atoms with E-state index in [1.165, 1.54) is 6.42 Å². The standard InChI is InChI=1S/C20H21ClN2O/c21-17-11-9-16(10-12-17)20(24,15-6-2-1-3-7-15)19-22-14-18-8-4-5-13-23(18)19/h1-3,6-7,9-12,18,24H,4-5,8,13-14H2. The van der Waals surface area contributed by atoms with Gasteiger partial charge in [-0.2, -0.15) is 0 Å². The summed E-state index contributed by atoms with van der Waals surface area (Å²) in [6.07, 6.45) is 3.55. The molecule has 0 spiro atoms. The van der Waals surface area contributed by atoms with Crippen LogP contribution in [-0.4, -0.2) is 35.0 Å². The van der Waals surface area contributed by atoms with Crippen LogP contribution in [0.2, 0.25) is 5.02 Å². The lowest BCUT2D eigenvalue weighted by Crippen LogP contribution is -2.50. The molecule has 2 heterocycles. The average Bonchev–Trinajstić information content (AvgIpc) is 3.07. The molecule has 4 heteroatoms. The minimum absolute atomic E-state index is 0.427. The molecule has 4 rings (SSSR count). The van der Waals surface area contributed by atoms with Crippen LogP contribution in [0.3, 0.4) is 0 Å². The predicted molar refractivity (Wildman–Crippen MR) is 97.5 cm³/mol. The van der Waals surface area contributed by atoms with E-state index in [0.717, 1.165) is 42.9 Å². The van der Waals surface area contributed by atoms with Crippen LogP contribution in [0.15, 0.2) is 59.6 Å². The second-order valence-electron chi connectivity index (χ2n) is 6.59. The fraction of sp³-hybridized carbons (Fsp3) is 0.350. The smallest absolute Gasteiger partial charge is 0.172 e. The monoisotopic (exact) mass is 340 g/mol. The van der Waals surface area contributed by atoms with Gasteiger partial charge in [-0.3, -0.25) is 4.99 Å². The maximum atomic E-state index is 11.9. The van der Waals surface area contributed by atoms with Crippen molar-refractivity contribution in [1.29, 1.82) is 0 Å². The summed E-state index contributed by atoms with van der Waals surface area (Å²) in [5.41, 5.74) is 0.415. The highest BCUT2D eigenvalue weighted by Gasteiger charge is 2.45. The maximum Gasteiger partial charge on any atom is 0.172 e. The molecule has 2 aliphatic rings. The third kappa shape index (κ3) is 2.52. The van der Waals surface area contributed by atoms with Crippen molar-refractivity contribution in [3.63, 3.8) is 0 Å². The van der Waals surface area contributed by atoms with Crippen molar-refractivity contribution in [2.45, 2.75) is 30.9 Å². The SMILES string of the molecule is OC(C1=NCC2CCCCN12)(c1ccccc1)c1ccc(Cl)cc1. The Kier molecular flexibility index (Phi) is 4.07. The number of hydrogen-bond acceptors (Lipinski definition) is 3. The zero-order valence-electron chi connectivity index (χ0n) is 13.5. The molecule has 2 aromatic rings. The summed E-state index contributed by atoms with van der Waals surface area (Å²) >= 11 is 6.06. The Labute approximate surface area is 147 Å². The normalized spacial score (nSPS) is 22.7. The lowest BCUT2D eigenvalue weighted by molar-refractivity contribution is 0.130. The molecule has 1 saturated heterocycles. The third-order valence-corrected chi connectivity index (χ3v) is 5.38. The second kappa shape index (κ2) is 6.23. The summed E-state index contributed by atoms with van der Waals surface area (Å²) in [6.45, 7) is 1.74. The van der Waals surface area contributed by atoms with Gasteiger partial charge in [-0.05, 0) is 42.5 Å². The van der Waals surface area contributed by atoms with Crippen molar-refractivity contribution in [3.05, 3.63) is 70.7 Å². The molecular formula is C20H21ClN2O. The van der Waals surface area contributed by atoms with Gasteiger partial charge in [0, 0.05) is 17.6 Å². The molecule has 2 aromatic carbocycles. The van der Waals surface area contributed by atoms with Gasteiger partial charge in [0.2, 0.25) is 0 Å². The quantitative estimate of drug-likeness (QED) is 0.921. The van der Waals surface area contributed by atoms with Crippen molar-refractivity contribution in [1.82, 2.24) is 4.90 Å². The molecule has 124 valence electrons. The molecule has 1 fully saturated rings. The van der Waals surface area contributed by atoms with Gasteiger partial charge >= 0.3 is 0 Å². The molecular weight excluding hydrogens is 320 g/mol. The zero-order valence-corrected chi connectivity index (χ0v) is 14.3. The topological polar surface area (TPSA) is 35.8 Å². The van der Waals surface area contributed by atoms with E-state index in [9.17, 15) is 5.11 Å². The second-order valence-corrected chi connectivity index (χ2v) is 7.03. The zero-order chi connectivity index (χ0) is 16.6. The number of halogens is 1. The first-order valence-electron chi connectivity index (χ1n) is 8.55. The average molecular weight is 341 g/mol. The summed E-state index contributed by atoms with van der Waals surface area (Å²) < 4.78 is 0. The number of fused-ring (bicyclic) bond motifs is 1. The molecule has 24 heavy (non-hydrogen) atoms. The number of benzene rings is 2. The Morgan fingerprint density at radius 1 is 1.00 bits per heavy atom. The Bertz CT molecular complexity index is 744. The number of aliphatic hydroxyl groups is 1. The fourth-order valence-corrected chi connectivity index (χ4v) is 4.00. The summed E-state index contributed by atoms with van der Waals surface area (Å²) in [6, 6.07) is 17.7. The lowest BCUT2D eigenvalue weighted by atomic mass is 9.84. The van der Waals surface area contributed by atoms with Gasteiger partial charge in [0.1, 0.15) is 5.84 Å². The largest absolute Gasteiger partial charge is 0.373 e. The minimum atomic E-state index is -1.24. The van der Waals surface area contributed by atoms with Crippen LogP contribution in [0.5, 0.6) is 0 Å². The van der Waals surface area contributed by atoms with E-state index >= 15 is 0 Å². The van der Waals surface area contributed by atoms with Crippen molar-refractivity contribution in [3.8, 4) is 0 Å². The molecule has 2 atom stereocenters. The van der Waals surface area contributed by atoms with Crippen molar-refractivity contribution >= 4 is 17.4 Å². The fourth-order valence-electron chi connectivity index (χ4n) is 3.87.